The zero-order valence-electron chi connectivity index (χ0n) is 9.89. The molecule has 20 heavy (non-hydrogen) atoms. The first-order chi connectivity index (χ1) is 9.21. The van der Waals surface area contributed by atoms with E-state index >= 15 is 0 Å². The maximum Gasteiger partial charge on any atom is 0.345 e. The number of rotatable bonds is 2. The fraction of sp³-hybridized carbons (Fsp3) is 0.286. The smallest absolute Gasteiger partial charge is 0.184 e. The number of benzene rings is 1. The molecule has 2 bridgehead atoms. The van der Waals surface area contributed by atoms with Crippen LogP contribution < -0.4 is 0 Å². The molecule has 6 heteroatoms. The highest BCUT2D eigenvalue weighted by atomic mass is 35.5. The highest BCUT2D eigenvalue weighted by molar-refractivity contribution is 6.25. The van der Waals surface area contributed by atoms with E-state index in [1.165, 1.54) is 12.2 Å². The number of allylic oxidation sites excluding steroid dienone is 4. The van der Waals surface area contributed by atoms with Gasteiger partial charge in [0, 0.05) is 23.0 Å². The van der Waals surface area contributed by atoms with Crippen LogP contribution in [0.3, 0.4) is 0 Å². The molecule has 2 atom stereocenters. The number of hydrogen-bond donors (Lipinski definition) is 0. The third-order valence-electron chi connectivity index (χ3n) is 3.69. The minimum absolute atomic E-state index is 0.569. The van der Waals surface area contributed by atoms with Gasteiger partial charge in [0.15, 0.2) is 0 Å². The first-order valence-electron chi connectivity index (χ1n) is 5.87. The molecule has 0 fully saturated rings. The summed E-state index contributed by atoms with van der Waals surface area (Å²) < 4.78 is 54.5. The lowest BCUT2D eigenvalue weighted by Gasteiger charge is -2.40. The van der Waals surface area contributed by atoms with E-state index in [1.807, 2.05) is 0 Å². The molecule has 1 aromatic carbocycles. The summed E-state index contributed by atoms with van der Waals surface area (Å²) in [5, 5.41) is -7.73. The predicted molar refractivity (Wildman–Crippen MR) is 69.7 cm³/mol. The topological polar surface area (TPSA) is 0 Å². The molecule has 0 nitrogen and oxygen atoms in total. The van der Waals surface area contributed by atoms with Crippen molar-refractivity contribution in [1.29, 1.82) is 0 Å². The summed E-state index contributed by atoms with van der Waals surface area (Å²) in [4.78, 5) is 0. The Morgan fingerprint density at radius 1 is 0.750 bits per heavy atom. The molecular weight excluding hydrogens is 315 g/mol. The summed E-state index contributed by atoms with van der Waals surface area (Å²) in [6.07, 6.45) is 2.95. The van der Waals surface area contributed by atoms with Gasteiger partial charge in [-0.05, 0) is 34.3 Å². The van der Waals surface area contributed by atoms with Crippen molar-refractivity contribution in [3.63, 3.8) is 0 Å². The predicted octanol–water partition coefficient (Wildman–Crippen LogP) is 5.40. The molecule has 0 radical (unpaired) electrons. The molecule has 0 saturated heterocycles. The van der Waals surface area contributed by atoms with Crippen LogP contribution in [-0.2, 0) is 0 Å². The Hall–Kier alpha value is -1.00. The van der Waals surface area contributed by atoms with Crippen LogP contribution in [0.5, 0.6) is 0 Å². The minimum Gasteiger partial charge on any atom is -0.184 e. The molecule has 106 valence electrons. The van der Waals surface area contributed by atoms with Gasteiger partial charge in [-0.15, -0.1) is 0 Å². The summed E-state index contributed by atoms with van der Waals surface area (Å²) in [5.41, 5.74) is -0.462. The van der Waals surface area contributed by atoms with E-state index in [-0.39, 0.29) is 0 Å². The Labute approximate surface area is 122 Å². The third kappa shape index (κ3) is 1.97. The molecule has 0 aliphatic heterocycles. The van der Waals surface area contributed by atoms with E-state index < -0.39 is 33.7 Å². The Morgan fingerprint density at radius 3 is 1.40 bits per heavy atom. The molecule has 2 unspecified atom stereocenters. The van der Waals surface area contributed by atoms with Crippen molar-refractivity contribution in [3.05, 3.63) is 58.7 Å². The maximum atomic E-state index is 13.6. The average molecular weight is 323 g/mol. The molecule has 0 heterocycles. The van der Waals surface area contributed by atoms with Gasteiger partial charge in [0.25, 0.3) is 0 Å². The van der Waals surface area contributed by atoms with Gasteiger partial charge >= 0.3 is 10.8 Å². The van der Waals surface area contributed by atoms with E-state index in [0.29, 0.717) is 11.1 Å². The molecular formula is C14H8Cl2F4. The molecule has 0 spiro atoms. The second-order valence-electron chi connectivity index (χ2n) is 4.79. The third-order valence-corrected chi connectivity index (χ3v) is 4.09. The van der Waals surface area contributed by atoms with Crippen molar-refractivity contribution in [1.82, 2.24) is 0 Å². The van der Waals surface area contributed by atoms with E-state index in [0.717, 1.165) is 0 Å². The van der Waals surface area contributed by atoms with Crippen LogP contribution in [0.15, 0.2) is 47.6 Å². The maximum absolute atomic E-state index is 13.6. The molecule has 3 aliphatic carbocycles. The first kappa shape index (κ1) is 14.0. The minimum atomic E-state index is -3.87. The van der Waals surface area contributed by atoms with Crippen molar-refractivity contribution in [2.24, 2.45) is 0 Å². The molecule has 0 saturated carbocycles. The fourth-order valence-corrected chi connectivity index (χ4v) is 3.44. The number of halogens is 6. The van der Waals surface area contributed by atoms with Crippen LogP contribution >= 0.6 is 23.2 Å². The monoisotopic (exact) mass is 322 g/mol. The van der Waals surface area contributed by atoms with Crippen molar-refractivity contribution in [2.75, 3.05) is 0 Å². The van der Waals surface area contributed by atoms with Crippen molar-refractivity contribution < 1.29 is 17.6 Å². The molecule has 0 aromatic heterocycles. The van der Waals surface area contributed by atoms with Gasteiger partial charge in [-0.1, -0.05) is 36.4 Å². The van der Waals surface area contributed by atoms with E-state index in [2.05, 4.69) is 0 Å². The lowest BCUT2D eigenvalue weighted by Crippen LogP contribution is -2.34. The number of alkyl halides is 6. The van der Waals surface area contributed by atoms with Gasteiger partial charge in [0.2, 0.25) is 0 Å². The Balaban J connectivity index is 2.29. The molecule has 0 N–H and O–H groups in total. The summed E-state index contributed by atoms with van der Waals surface area (Å²) in [7, 11) is 0. The SMILES string of the molecule is FC(F)(Cl)C1=C(C(F)(F)Cl)C2C=CC1c1ccccc12. The first-order valence-corrected chi connectivity index (χ1v) is 6.62. The average Bonchev–Trinajstić information content (AvgIpc) is 2.36. The zero-order chi connectivity index (χ0) is 14.7. The normalized spacial score (nSPS) is 25.1. The van der Waals surface area contributed by atoms with Crippen molar-refractivity contribution in [3.8, 4) is 0 Å². The van der Waals surface area contributed by atoms with E-state index in [9.17, 15) is 17.6 Å². The van der Waals surface area contributed by atoms with E-state index in [4.69, 9.17) is 23.2 Å². The Bertz CT molecular complexity index is 570. The van der Waals surface area contributed by atoms with Gasteiger partial charge in [-0.3, -0.25) is 0 Å². The van der Waals surface area contributed by atoms with Crippen LogP contribution in [0.4, 0.5) is 17.6 Å². The quantitative estimate of drug-likeness (QED) is 0.388. The van der Waals surface area contributed by atoms with Gasteiger partial charge in [0.05, 0.1) is 0 Å². The Kier molecular flexibility index (Phi) is 2.96. The van der Waals surface area contributed by atoms with Crippen LogP contribution in [-0.4, -0.2) is 10.8 Å². The van der Waals surface area contributed by atoms with E-state index in [1.54, 1.807) is 24.3 Å². The van der Waals surface area contributed by atoms with Gasteiger partial charge in [-0.25, -0.2) is 0 Å². The van der Waals surface area contributed by atoms with Crippen LogP contribution in [0, 0.1) is 0 Å². The molecule has 4 rings (SSSR count). The molecule has 3 aliphatic rings. The van der Waals surface area contributed by atoms with Crippen molar-refractivity contribution in [2.45, 2.75) is 22.6 Å². The summed E-state index contributed by atoms with van der Waals surface area (Å²) in [6.45, 7) is 0. The molecule has 0 amide bonds. The van der Waals surface area contributed by atoms with Gasteiger partial charge in [0.1, 0.15) is 0 Å². The highest BCUT2D eigenvalue weighted by Gasteiger charge is 2.52. The van der Waals surface area contributed by atoms with Crippen molar-refractivity contribution >= 4 is 23.2 Å². The summed E-state index contributed by atoms with van der Waals surface area (Å²) >= 11 is 10.1. The van der Waals surface area contributed by atoms with Crippen LogP contribution in [0.25, 0.3) is 0 Å². The molecule has 1 aromatic rings. The zero-order valence-corrected chi connectivity index (χ0v) is 11.4. The standard InChI is InChI=1S/C14H8Cl2F4/c15-13(17,18)11-9-5-6-10(12(11)14(16,19)20)8-4-2-1-3-7(8)9/h1-6,9-10H. The Morgan fingerprint density at radius 2 is 1.10 bits per heavy atom. The summed E-state index contributed by atoms with van der Waals surface area (Å²) in [6, 6.07) is 6.64. The summed E-state index contributed by atoms with van der Waals surface area (Å²) in [5.74, 6) is -1.94. The lowest BCUT2D eigenvalue weighted by molar-refractivity contribution is 0.101. The fourth-order valence-electron chi connectivity index (χ4n) is 3.00. The van der Waals surface area contributed by atoms with Crippen LogP contribution in [0.1, 0.15) is 23.0 Å². The van der Waals surface area contributed by atoms with Gasteiger partial charge < -0.3 is 0 Å². The van der Waals surface area contributed by atoms with Crippen LogP contribution in [0.2, 0.25) is 0 Å². The second kappa shape index (κ2) is 4.25. The number of hydrogen-bond acceptors (Lipinski definition) is 0. The largest absolute Gasteiger partial charge is 0.345 e. The second-order valence-corrected chi connectivity index (χ2v) is 5.74. The highest BCUT2D eigenvalue weighted by Crippen LogP contribution is 2.58. The van der Waals surface area contributed by atoms with Gasteiger partial charge in [-0.2, -0.15) is 17.6 Å². The lowest BCUT2D eigenvalue weighted by atomic mass is 9.68.